The zero-order valence-electron chi connectivity index (χ0n) is 7.95. The molecule has 2 nitrogen and oxygen atoms in total. The van der Waals surface area contributed by atoms with Crippen LogP contribution in [0.15, 0.2) is 12.4 Å². The van der Waals surface area contributed by atoms with Gasteiger partial charge in [-0.3, -0.25) is 0 Å². The first-order valence-corrected chi connectivity index (χ1v) is 6.91. The Kier molecular flexibility index (Phi) is 9.27. The first kappa shape index (κ1) is 13.4. The molecule has 1 heterocycles. The number of rotatable bonds is 3. The van der Waals surface area contributed by atoms with Crippen LogP contribution in [0.2, 0.25) is 0 Å². The third-order valence-electron chi connectivity index (χ3n) is 1.74. The summed E-state index contributed by atoms with van der Waals surface area (Å²) in [5.41, 5.74) is 0. The average Bonchev–Trinajstić information content (AvgIpc) is 2.49. The van der Waals surface area contributed by atoms with E-state index in [-0.39, 0.29) is 0 Å². The molecule has 0 saturated carbocycles. The van der Waals surface area contributed by atoms with Crippen molar-refractivity contribution in [1.82, 2.24) is 9.80 Å². The van der Waals surface area contributed by atoms with Gasteiger partial charge < -0.3 is 9.80 Å². The summed E-state index contributed by atoms with van der Waals surface area (Å²) in [6, 6.07) is 0. The molecule has 0 saturated heterocycles. The molecule has 0 spiro atoms. The summed E-state index contributed by atoms with van der Waals surface area (Å²) in [4.78, 5) is 4.53. The van der Waals surface area contributed by atoms with Crippen LogP contribution in [0.4, 0.5) is 0 Å². The van der Waals surface area contributed by atoms with Gasteiger partial charge in [0.15, 0.2) is 0 Å². The molecular formula is C8H16Cl2N2Ni. The van der Waals surface area contributed by atoms with E-state index >= 15 is 0 Å². The summed E-state index contributed by atoms with van der Waals surface area (Å²) >= 11 is 0.569. The van der Waals surface area contributed by atoms with Gasteiger partial charge in [-0.15, -0.1) is 0 Å². The zero-order chi connectivity index (χ0) is 10.1. The maximum atomic E-state index is 4.70. The predicted molar refractivity (Wildman–Crippen MR) is 55.1 cm³/mol. The summed E-state index contributed by atoms with van der Waals surface area (Å²) in [7, 11) is 11.5. The summed E-state index contributed by atoms with van der Waals surface area (Å²) in [5, 5.41) is 0. The van der Waals surface area contributed by atoms with E-state index in [2.05, 4.69) is 36.2 Å². The number of hydrogen-bond acceptors (Lipinski definition) is 2. The molecule has 1 aliphatic heterocycles. The monoisotopic (exact) mass is 268 g/mol. The maximum absolute atomic E-state index is 4.70. The minimum atomic E-state index is 0.569. The normalized spacial score (nSPS) is 14.8. The molecule has 1 aliphatic rings. The fraction of sp³-hybridized carbons (Fsp3) is 0.750. The van der Waals surface area contributed by atoms with Crippen LogP contribution in [0.1, 0.15) is 19.8 Å². The second-order valence-electron chi connectivity index (χ2n) is 2.91. The van der Waals surface area contributed by atoms with Crippen LogP contribution in [0.5, 0.6) is 0 Å². The average molecular weight is 270 g/mol. The van der Waals surface area contributed by atoms with Crippen LogP contribution in [-0.4, -0.2) is 30.1 Å². The fourth-order valence-corrected chi connectivity index (χ4v) is 1.10. The van der Waals surface area contributed by atoms with Crippen molar-refractivity contribution in [3.8, 4) is 0 Å². The van der Waals surface area contributed by atoms with Gasteiger partial charge in [-0.25, -0.2) is 0 Å². The van der Waals surface area contributed by atoms with Gasteiger partial charge in [0, 0.05) is 26.0 Å². The fourth-order valence-electron chi connectivity index (χ4n) is 1.10. The van der Waals surface area contributed by atoms with E-state index in [0.29, 0.717) is 12.7 Å². The molecule has 82 valence electrons. The van der Waals surface area contributed by atoms with E-state index in [9.17, 15) is 0 Å². The van der Waals surface area contributed by atoms with Gasteiger partial charge >= 0.3 is 33.0 Å². The van der Waals surface area contributed by atoms with Crippen molar-refractivity contribution in [2.24, 2.45) is 0 Å². The van der Waals surface area contributed by atoms with Gasteiger partial charge in [-0.1, -0.05) is 13.3 Å². The molecule has 1 rings (SSSR count). The zero-order valence-corrected chi connectivity index (χ0v) is 10.4. The molecule has 0 aliphatic carbocycles. The van der Waals surface area contributed by atoms with Crippen molar-refractivity contribution in [3.05, 3.63) is 12.4 Å². The Morgan fingerprint density at radius 2 is 2.00 bits per heavy atom. The summed E-state index contributed by atoms with van der Waals surface area (Å²) < 4.78 is 0. The standard InChI is InChI=1S/C8H16N2.2ClH.Ni/c1-3-4-5-10-7-6-9(2)8-10;;;/h6-7H,3-5,8H2,1-2H3;2*1H;/q;;;+2/p-2. The third kappa shape index (κ3) is 7.48. The van der Waals surface area contributed by atoms with Gasteiger partial charge in [0.2, 0.25) is 0 Å². The van der Waals surface area contributed by atoms with E-state index in [4.69, 9.17) is 20.4 Å². The van der Waals surface area contributed by atoms with Crippen molar-refractivity contribution in [3.63, 3.8) is 0 Å². The number of hydrogen-bond donors (Lipinski definition) is 0. The van der Waals surface area contributed by atoms with Gasteiger partial charge in [-0.05, 0) is 6.42 Å². The Hall–Kier alpha value is 0.414. The summed E-state index contributed by atoms with van der Waals surface area (Å²) in [5.74, 6) is 0. The van der Waals surface area contributed by atoms with Crippen molar-refractivity contribution in [2.45, 2.75) is 19.8 Å². The van der Waals surface area contributed by atoms with Crippen LogP contribution in [0.3, 0.4) is 0 Å². The molecular weight excluding hydrogens is 254 g/mol. The van der Waals surface area contributed by atoms with E-state index < -0.39 is 0 Å². The Morgan fingerprint density at radius 3 is 2.38 bits per heavy atom. The van der Waals surface area contributed by atoms with Crippen molar-refractivity contribution in [1.29, 1.82) is 0 Å². The third-order valence-corrected chi connectivity index (χ3v) is 1.74. The van der Waals surface area contributed by atoms with Crippen molar-refractivity contribution >= 4 is 20.4 Å². The van der Waals surface area contributed by atoms with Crippen molar-refractivity contribution < 1.29 is 12.7 Å². The van der Waals surface area contributed by atoms with Gasteiger partial charge in [0.25, 0.3) is 0 Å². The van der Waals surface area contributed by atoms with E-state index in [1.807, 2.05) is 0 Å². The molecule has 5 heteroatoms. The molecule has 0 atom stereocenters. The molecule has 0 amide bonds. The van der Waals surface area contributed by atoms with Crippen molar-refractivity contribution in [2.75, 3.05) is 20.3 Å². The van der Waals surface area contributed by atoms with Crippen LogP contribution >= 0.6 is 20.4 Å². The molecule has 0 aromatic heterocycles. The summed E-state index contributed by atoms with van der Waals surface area (Å²) in [6.45, 7) is 4.50. The molecule has 13 heavy (non-hydrogen) atoms. The van der Waals surface area contributed by atoms with E-state index in [1.165, 1.54) is 19.4 Å². The Morgan fingerprint density at radius 1 is 1.38 bits per heavy atom. The molecule has 0 bridgehead atoms. The van der Waals surface area contributed by atoms with Crippen LogP contribution in [0, 0.1) is 0 Å². The molecule has 0 aromatic carbocycles. The first-order chi connectivity index (χ1) is 6.24. The second kappa shape index (κ2) is 8.99. The second-order valence-corrected chi connectivity index (χ2v) is 4.54. The van der Waals surface area contributed by atoms with Crippen LogP contribution in [0.25, 0.3) is 0 Å². The summed E-state index contributed by atoms with van der Waals surface area (Å²) in [6.07, 6.45) is 6.87. The topological polar surface area (TPSA) is 6.48 Å². The number of nitrogens with zero attached hydrogens (tertiary/aromatic N) is 2. The van der Waals surface area contributed by atoms with E-state index in [0.717, 1.165) is 6.67 Å². The minimum absolute atomic E-state index is 0.569. The number of unbranched alkanes of at least 4 members (excludes halogenated alkanes) is 1. The number of halogens is 2. The predicted octanol–water partition coefficient (Wildman–Crippen LogP) is 2.84. The van der Waals surface area contributed by atoms with E-state index in [1.54, 1.807) is 0 Å². The first-order valence-electron chi connectivity index (χ1n) is 4.19. The van der Waals surface area contributed by atoms with Crippen LogP contribution in [-0.2, 0) is 12.7 Å². The van der Waals surface area contributed by atoms with Gasteiger partial charge in [0.1, 0.15) is 0 Å². The quantitative estimate of drug-likeness (QED) is 0.727. The Balaban J connectivity index is 0.000000424. The molecule has 0 fully saturated rings. The van der Waals surface area contributed by atoms with Crippen LogP contribution < -0.4 is 0 Å². The SMILES string of the molecule is CCCCN1C=CN(C)C1.[Cl][Ni][Cl]. The molecule has 0 unspecified atom stereocenters. The van der Waals surface area contributed by atoms with Gasteiger partial charge in [0.05, 0.1) is 6.67 Å². The van der Waals surface area contributed by atoms with Gasteiger partial charge in [-0.2, -0.15) is 0 Å². The molecule has 0 N–H and O–H groups in total. The molecule has 0 aromatic rings. The Labute approximate surface area is 95.2 Å². The Bertz CT molecular complexity index is 144. The molecule has 0 radical (unpaired) electrons.